The summed E-state index contributed by atoms with van der Waals surface area (Å²) in [5.74, 6) is 2.75. The van der Waals surface area contributed by atoms with Crippen molar-refractivity contribution < 1.29 is 14.7 Å². The molecule has 0 amide bonds. The van der Waals surface area contributed by atoms with Gasteiger partial charge in [0.2, 0.25) is 0 Å². The van der Waals surface area contributed by atoms with Crippen LogP contribution in [-0.2, 0) is 14.7 Å². The summed E-state index contributed by atoms with van der Waals surface area (Å²) in [6, 6.07) is 20.7. The third-order valence-electron chi connectivity index (χ3n) is 6.01. The zero-order chi connectivity index (χ0) is 18.1. The molecule has 2 aromatic rings. The van der Waals surface area contributed by atoms with Crippen molar-refractivity contribution in [2.24, 2.45) is 11.8 Å². The second-order valence-electron chi connectivity index (χ2n) is 7.06. The van der Waals surface area contributed by atoms with Crippen molar-refractivity contribution in [1.29, 1.82) is 0 Å². The van der Waals surface area contributed by atoms with E-state index in [1.807, 2.05) is 0 Å². The van der Waals surface area contributed by atoms with Gasteiger partial charge in [-0.25, -0.2) is 0 Å². The van der Waals surface area contributed by atoms with Crippen molar-refractivity contribution in [3.05, 3.63) is 73.2 Å². The van der Waals surface area contributed by atoms with E-state index >= 15 is 0 Å². The van der Waals surface area contributed by atoms with Crippen molar-refractivity contribution in [2.75, 3.05) is 11.9 Å². The number of halogens is 3. The summed E-state index contributed by atoms with van der Waals surface area (Å²) in [4.78, 5) is 2.54. The monoisotopic (exact) mass is 445 g/mol. The second-order valence-corrected chi connectivity index (χ2v) is 14.8. The fourth-order valence-electron chi connectivity index (χ4n) is 4.88. The van der Waals surface area contributed by atoms with E-state index in [2.05, 4.69) is 80.4 Å². The van der Waals surface area contributed by atoms with E-state index in [0.29, 0.717) is 17.9 Å². The Labute approximate surface area is 176 Å². The molecule has 1 fully saturated rings. The molecule has 2 aliphatic rings. The molecule has 1 aliphatic carbocycles. The third-order valence-corrected chi connectivity index (χ3v) is 6.01. The van der Waals surface area contributed by atoms with Crippen molar-refractivity contribution in [2.45, 2.75) is 31.7 Å². The van der Waals surface area contributed by atoms with Gasteiger partial charge in [0.25, 0.3) is 0 Å². The van der Waals surface area contributed by atoms with Crippen LogP contribution in [0.15, 0.2) is 54.6 Å². The number of anilines is 1. The van der Waals surface area contributed by atoms with Gasteiger partial charge in [-0.15, -0.1) is 0 Å². The summed E-state index contributed by atoms with van der Waals surface area (Å²) in [5.41, 5.74) is 4.50. The number of rotatable bonds is 1. The molecule has 0 radical (unpaired) electrons. The summed E-state index contributed by atoms with van der Waals surface area (Å²) in [6.07, 6.45) is 0. The van der Waals surface area contributed by atoms with E-state index in [0.717, 1.165) is 11.8 Å². The Morgan fingerprint density at radius 2 is 1.31 bits per heavy atom. The topological polar surface area (TPSA) is 3.24 Å². The van der Waals surface area contributed by atoms with Crippen LogP contribution < -0.4 is 4.90 Å². The molecule has 0 spiro atoms. The Bertz CT molecular complexity index is 705. The predicted octanol–water partition coefficient (Wildman–Crippen LogP) is 7.17. The first-order valence-corrected chi connectivity index (χ1v) is 15.1. The Morgan fingerprint density at radius 3 is 1.92 bits per heavy atom. The fraction of sp³-hybridized carbons (Fsp3) is 0.381. The molecule has 1 saturated carbocycles. The number of hydrogen-bond acceptors (Lipinski definition) is 1. The van der Waals surface area contributed by atoms with Crippen molar-refractivity contribution in [3.63, 3.8) is 0 Å². The van der Waals surface area contributed by atoms with Crippen LogP contribution in [0.4, 0.5) is 5.69 Å². The molecule has 5 unspecified atom stereocenters. The van der Waals surface area contributed by atoms with E-state index in [1.54, 1.807) is 5.56 Å². The van der Waals surface area contributed by atoms with Gasteiger partial charge in [-0.1, -0.05) is 62.4 Å². The molecule has 5 atom stereocenters. The van der Waals surface area contributed by atoms with Crippen LogP contribution >= 0.6 is 27.9 Å². The molecule has 2 aromatic carbocycles. The van der Waals surface area contributed by atoms with E-state index in [4.69, 9.17) is 27.9 Å². The molecule has 140 valence electrons. The molecule has 26 heavy (non-hydrogen) atoms. The predicted molar refractivity (Wildman–Crippen MR) is 113 cm³/mol. The van der Waals surface area contributed by atoms with Gasteiger partial charge in [-0.2, -0.15) is 0 Å². The number of likely N-dealkylation sites (N-methyl/N-ethyl adjacent to an activating group) is 1. The van der Waals surface area contributed by atoms with E-state index in [9.17, 15) is 0 Å². The number of fused-ring (bicyclic) bond motifs is 3. The van der Waals surface area contributed by atoms with E-state index < -0.39 is 14.7 Å². The SMILES string of the molecule is CC1C(C)C2c3ccccc3N(C)C2C1c1ccccc1.[CH3-].[Cl][Ti+]([Cl])[Cl]. The van der Waals surface area contributed by atoms with Crippen LogP contribution in [0.2, 0.25) is 0 Å². The Balaban J connectivity index is 0.000000444. The zero-order valence-electron chi connectivity index (χ0n) is 15.7. The summed E-state index contributed by atoms with van der Waals surface area (Å²) < 4.78 is 0. The average Bonchev–Trinajstić information content (AvgIpc) is 3.02. The minimum absolute atomic E-state index is 0. The zero-order valence-corrected chi connectivity index (χ0v) is 19.5. The molecule has 5 heteroatoms. The molecular weight excluding hydrogens is 420 g/mol. The molecule has 0 aromatic heterocycles. The number of hydrogen-bond donors (Lipinski definition) is 0. The van der Waals surface area contributed by atoms with Gasteiger partial charge in [0.1, 0.15) is 0 Å². The summed E-state index contributed by atoms with van der Waals surface area (Å²) >= 11 is -1.92. The Kier molecular flexibility index (Phi) is 7.95. The van der Waals surface area contributed by atoms with Crippen molar-refractivity contribution >= 4 is 33.6 Å². The van der Waals surface area contributed by atoms with Gasteiger partial charge in [0.05, 0.1) is 0 Å². The third kappa shape index (κ3) is 4.13. The molecule has 1 aliphatic heterocycles. The van der Waals surface area contributed by atoms with E-state index in [1.165, 1.54) is 11.3 Å². The summed E-state index contributed by atoms with van der Waals surface area (Å²) in [6.45, 7) is 4.89. The fourth-order valence-corrected chi connectivity index (χ4v) is 4.88. The standard InChI is InChI=1S/C20H23N.CH3.3ClH.Ti/c1-13-14(2)19-16-11-7-8-12-17(16)21(3)20(19)18(13)15-9-5-4-6-10-15;;;;;/h4-14,18-20H,1-3H3;1H3;3*1H;/q;-1;;;;+4/p-3. The van der Waals surface area contributed by atoms with Gasteiger partial charge in [-0.3, -0.25) is 0 Å². The van der Waals surface area contributed by atoms with Crippen molar-refractivity contribution in [3.8, 4) is 0 Å². The Hall–Kier alpha value is -0.176. The van der Waals surface area contributed by atoms with Gasteiger partial charge in [0.15, 0.2) is 0 Å². The molecule has 0 bridgehead atoms. The van der Waals surface area contributed by atoms with Crippen molar-refractivity contribution in [1.82, 2.24) is 0 Å². The molecular formula is C21H26Cl3NTi. The maximum absolute atomic E-state index is 4.97. The number of nitrogens with zero attached hydrogens (tertiary/aromatic N) is 1. The van der Waals surface area contributed by atoms with Crippen LogP contribution in [0.5, 0.6) is 0 Å². The first-order chi connectivity index (χ1) is 11.9. The second kappa shape index (κ2) is 9.35. The van der Waals surface area contributed by atoms with Gasteiger partial charge in [-0.05, 0) is 29.0 Å². The molecule has 4 rings (SSSR count). The van der Waals surface area contributed by atoms with E-state index in [-0.39, 0.29) is 7.43 Å². The van der Waals surface area contributed by atoms with Gasteiger partial charge in [0, 0.05) is 30.6 Å². The average molecular weight is 447 g/mol. The molecule has 0 saturated heterocycles. The van der Waals surface area contributed by atoms with Gasteiger partial charge < -0.3 is 12.3 Å². The summed E-state index contributed by atoms with van der Waals surface area (Å²) in [7, 11) is 17.2. The first kappa shape index (κ1) is 22.1. The first-order valence-electron chi connectivity index (χ1n) is 8.63. The number of benzene rings is 2. The summed E-state index contributed by atoms with van der Waals surface area (Å²) in [5, 5.41) is 0. The quantitative estimate of drug-likeness (QED) is 0.331. The number of para-hydroxylation sites is 1. The normalized spacial score (nSPS) is 28.4. The van der Waals surface area contributed by atoms with Crippen LogP contribution in [0, 0.1) is 19.3 Å². The van der Waals surface area contributed by atoms with Crippen LogP contribution in [0.1, 0.15) is 36.8 Å². The molecule has 1 heterocycles. The van der Waals surface area contributed by atoms with Crippen LogP contribution in [-0.4, -0.2) is 13.1 Å². The maximum atomic E-state index is 4.97. The molecule has 0 N–H and O–H groups in total. The molecule has 1 nitrogen and oxygen atoms in total. The van der Waals surface area contributed by atoms with Crippen LogP contribution in [0.25, 0.3) is 0 Å². The minimum atomic E-state index is -1.92. The Morgan fingerprint density at radius 1 is 0.808 bits per heavy atom. The van der Waals surface area contributed by atoms with Crippen LogP contribution in [0.3, 0.4) is 0 Å². The van der Waals surface area contributed by atoms with Gasteiger partial charge >= 0.3 is 42.6 Å².